The highest BCUT2D eigenvalue weighted by Crippen LogP contribution is 2.40. The predicted octanol–water partition coefficient (Wildman–Crippen LogP) is 5.60. The Kier molecular flexibility index (Phi) is 6.88. The average molecular weight is 512 g/mol. The molecule has 1 aliphatic heterocycles. The monoisotopic (exact) mass is 511 g/mol. The zero-order valence-corrected chi connectivity index (χ0v) is 21.0. The van der Waals surface area contributed by atoms with Crippen molar-refractivity contribution >= 4 is 23.1 Å². The number of methoxy groups -OCH3 is 1. The molecule has 37 heavy (non-hydrogen) atoms. The third-order valence-electron chi connectivity index (χ3n) is 7.86. The van der Waals surface area contributed by atoms with Gasteiger partial charge in [0.05, 0.1) is 30.6 Å². The first-order chi connectivity index (χ1) is 17.7. The highest BCUT2D eigenvalue weighted by atomic mass is 19.1. The molecule has 1 saturated carbocycles. The lowest BCUT2D eigenvalue weighted by Crippen LogP contribution is -2.35. The lowest BCUT2D eigenvalue weighted by atomic mass is 9.81. The van der Waals surface area contributed by atoms with Gasteiger partial charge >= 0.3 is 12.1 Å². The summed E-state index contributed by atoms with van der Waals surface area (Å²) < 4.78 is 34.9. The quantitative estimate of drug-likeness (QED) is 0.482. The van der Waals surface area contributed by atoms with Crippen LogP contribution < -0.4 is 0 Å². The van der Waals surface area contributed by atoms with Crippen molar-refractivity contribution in [3.8, 4) is 0 Å². The molecule has 1 aromatic heterocycles. The topological polar surface area (TPSA) is 84.7 Å². The standard InChI is InChI=1S/C28H31F2N3O4/c1-16(11-17-12-21(29)14-22(30)13-17)33-24-8-7-18-9-10-32(28(36)37-2)15-23(18)25(24)31-26(33)19-3-5-20(6-4-19)27(34)35/h7-8,12-14,16,19-20H,3-6,9-11,15H2,1-2H3,(H,34,35)/t16-,19?,20?/m0/s1. The fourth-order valence-electron chi connectivity index (χ4n) is 6.01. The zero-order valence-electron chi connectivity index (χ0n) is 21.0. The maximum absolute atomic E-state index is 13.9. The van der Waals surface area contributed by atoms with E-state index in [1.807, 2.05) is 13.0 Å². The number of carboxylic acids is 1. The van der Waals surface area contributed by atoms with Crippen molar-refractivity contribution in [3.05, 3.63) is 64.5 Å². The van der Waals surface area contributed by atoms with E-state index < -0.39 is 17.6 Å². The van der Waals surface area contributed by atoms with Crippen LogP contribution in [0.2, 0.25) is 0 Å². The molecule has 1 amide bonds. The van der Waals surface area contributed by atoms with Crippen LogP contribution in [0.1, 0.15) is 67.1 Å². The number of hydrogen-bond donors (Lipinski definition) is 1. The summed E-state index contributed by atoms with van der Waals surface area (Å²) in [5.41, 5.74) is 4.40. The molecule has 5 rings (SSSR count). The summed E-state index contributed by atoms with van der Waals surface area (Å²) in [6.45, 7) is 2.97. The van der Waals surface area contributed by atoms with Gasteiger partial charge in [0.2, 0.25) is 0 Å². The SMILES string of the molecule is COC(=O)N1CCc2ccc3c(nc(C4CCC(C(=O)O)CC4)n3[C@@H](C)Cc3cc(F)cc(F)c3)c2C1. The minimum absolute atomic E-state index is 0.0747. The van der Waals surface area contributed by atoms with Gasteiger partial charge in [-0.2, -0.15) is 0 Å². The Morgan fingerprint density at radius 1 is 1.14 bits per heavy atom. The third kappa shape index (κ3) is 4.91. The van der Waals surface area contributed by atoms with Crippen LogP contribution in [-0.4, -0.2) is 45.3 Å². The molecule has 7 nitrogen and oxygen atoms in total. The van der Waals surface area contributed by atoms with E-state index in [0.29, 0.717) is 57.2 Å². The first-order valence-electron chi connectivity index (χ1n) is 12.8. The van der Waals surface area contributed by atoms with Gasteiger partial charge in [-0.3, -0.25) is 4.79 Å². The average Bonchev–Trinajstić information content (AvgIpc) is 3.27. The number of hydrogen-bond acceptors (Lipinski definition) is 4. The first kappa shape index (κ1) is 25.2. The van der Waals surface area contributed by atoms with Gasteiger partial charge < -0.3 is 19.3 Å². The van der Waals surface area contributed by atoms with Gasteiger partial charge in [0.25, 0.3) is 0 Å². The van der Waals surface area contributed by atoms with E-state index in [4.69, 9.17) is 9.72 Å². The molecule has 196 valence electrons. The van der Waals surface area contributed by atoms with Crippen molar-refractivity contribution < 1.29 is 28.2 Å². The number of fused-ring (bicyclic) bond motifs is 3. The Hall–Kier alpha value is -3.49. The van der Waals surface area contributed by atoms with Gasteiger partial charge in [-0.25, -0.2) is 18.6 Å². The molecule has 1 atom stereocenters. The Bertz CT molecular complexity index is 1330. The van der Waals surface area contributed by atoms with Gasteiger partial charge in [-0.05, 0) is 74.8 Å². The summed E-state index contributed by atoms with van der Waals surface area (Å²) in [5, 5.41) is 9.46. The summed E-state index contributed by atoms with van der Waals surface area (Å²) in [4.78, 5) is 30.6. The Labute approximate surface area is 214 Å². The van der Waals surface area contributed by atoms with Crippen molar-refractivity contribution in [2.45, 2.75) is 64.0 Å². The molecule has 0 bridgehead atoms. The summed E-state index contributed by atoms with van der Waals surface area (Å²) in [7, 11) is 1.37. The maximum atomic E-state index is 13.9. The normalized spacial score (nSPS) is 20.5. The number of imidazole rings is 1. The van der Waals surface area contributed by atoms with Crippen LogP contribution in [0.3, 0.4) is 0 Å². The van der Waals surface area contributed by atoms with E-state index in [0.717, 1.165) is 34.1 Å². The zero-order chi connectivity index (χ0) is 26.3. The fourth-order valence-corrected chi connectivity index (χ4v) is 6.01. The highest BCUT2D eigenvalue weighted by Gasteiger charge is 2.32. The molecule has 2 aliphatic rings. The van der Waals surface area contributed by atoms with Crippen LogP contribution in [0, 0.1) is 17.6 Å². The van der Waals surface area contributed by atoms with Crippen LogP contribution in [0.5, 0.6) is 0 Å². The van der Waals surface area contributed by atoms with Crippen molar-refractivity contribution in [2.75, 3.05) is 13.7 Å². The number of rotatable bonds is 5. The summed E-state index contributed by atoms with van der Waals surface area (Å²) in [5.74, 6) is -1.38. The number of amides is 1. The van der Waals surface area contributed by atoms with Crippen molar-refractivity contribution in [1.29, 1.82) is 0 Å². The van der Waals surface area contributed by atoms with Crippen molar-refractivity contribution in [3.63, 3.8) is 0 Å². The van der Waals surface area contributed by atoms with E-state index in [2.05, 4.69) is 10.6 Å². The Balaban J connectivity index is 1.57. The number of halogens is 2. The number of benzene rings is 2. The molecule has 3 aromatic rings. The Morgan fingerprint density at radius 3 is 2.49 bits per heavy atom. The van der Waals surface area contributed by atoms with Crippen LogP contribution in [0.4, 0.5) is 13.6 Å². The van der Waals surface area contributed by atoms with Gasteiger partial charge in [-0.15, -0.1) is 0 Å². The van der Waals surface area contributed by atoms with Crippen molar-refractivity contribution in [1.82, 2.24) is 14.5 Å². The molecule has 1 fully saturated rings. The maximum Gasteiger partial charge on any atom is 0.409 e. The van der Waals surface area contributed by atoms with Crippen molar-refractivity contribution in [2.24, 2.45) is 5.92 Å². The molecule has 2 aromatic carbocycles. The van der Waals surface area contributed by atoms with E-state index in [-0.39, 0.29) is 24.0 Å². The minimum atomic E-state index is -0.759. The molecular weight excluding hydrogens is 480 g/mol. The Morgan fingerprint density at radius 2 is 1.84 bits per heavy atom. The molecule has 0 spiro atoms. The van der Waals surface area contributed by atoms with Crippen LogP contribution in [-0.2, 0) is 28.9 Å². The number of ether oxygens (including phenoxy) is 1. The second kappa shape index (κ2) is 10.1. The lowest BCUT2D eigenvalue weighted by Gasteiger charge is -2.28. The molecule has 2 heterocycles. The molecule has 1 aliphatic carbocycles. The predicted molar refractivity (Wildman–Crippen MR) is 133 cm³/mol. The van der Waals surface area contributed by atoms with Gasteiger partial charge in [0, 0.05) is 30.1 Å². The van der Waals surface area contributed by atoms with E-state index >= 15 is 0 Å². The fraction of sp³-hybridized carbons (Fsp3) is 0.464. The van der Waals surface area contributed by atoms with Gasteiger partial charge in [0.1, 0.15) is 17.5 Å². The largest absolute Gasteiger partial charge is 0.481 e. The van der Waals surface area contributed by atoms with Crippen LogP contribution in [0.25, 0.3) is 11.0 Å². The number of aromatic nitrogens is 2. The molecule has 1 N–H and O–H groups in total. The highest BCUT2D eigenvalue weighted by molar-refractivity contribution is 5.82. The number of carbonyl (C=O) groups is 2. The summed E-state index contributed by atoms with van der Waals surface area (Å²) in [6.07, 6.45) is 3.31. The second-order valence-electron chi connectivity index (χ2n) is 10.3. The number of aliphatic carboxylic acids is 1. The van der Waals surface area contributed by atoms with Crippen LogP contribution >= 0.6 is 0 Å². The first-order valence-corrected chi connectivity index (χ1v) is 12.8. The summed E-state index contributed by atoms with van der Waals surface area (Å²) >= 11 is 0. The molecule has 0 unspecified atom stereocenters. The van der Waals surface area contributed by atoms with E-state index in [1.165, 1.54) is 19.2 Å². The molecular formula is C28H31F2N3O4. The van der Waals surface area contributed by atoms with Gasteiger partial charge in [0.15, 0.2) is 0 Å². The van der Waals surface area contributed by atoms with Crippen LogP contribution in [0.15, 0.2) is 30.3 Å². The van der Waals surface area contributed by atoms with Gasteiger partial charge in [-0.1, -0.05) is 6.07 Å². The third-order valence-corrected chi connectivity index (χ3v) is 7.86. The summed E-state index contributed by atoms with van der Waals surface area (Å²) in [6, 6.07) is 7.54. The number of nitrogens with zero attached hydrogens (tertiary/aromatic N) is 3. The number of carboxylic acid groups (broad SMARTS) is 1. The van der Waals surface area contributed by atoms with E-state index in [9.17, 15) is 23.5 Å². The van der Waals surface area contributed by atoms with E-state index in [1.54, 1.807) is 4.90 Å². The number of carbonyl (C=O) groups excluding carboxylic acids is 1. The second-order valence-corrected chi connectivity index (χ2v) is 10.3. The molecule has 0 radical (unpaired) electrons. The smallest absolute Gasteiger partial charge is 0.409 e. The molecule has 9 heteroatoms. The minimum Gasteiger partial charge on any atom is -0.481 e. The lowest BCUT2D eigenvalue weighted by molar-refractivity contribution is -0.142. The molecule has 0 saturated heterocycles.